The first-order chi connectivity index (χ1) is 10.1. The minimum atomic E-state index is -3.46. The van der Waals surface area contributed by atoms with Crippen molar-refractivity contribution in [1.82, 2.24) is 9.62 Å². The van der Waals surface area contributed by atoms with Gasteiger partial charge in [-0.25, -0.2) is 8.42 Å². The molecule has 6 nitrogen and oxygen atoms in total. The monoisotopic (exact) mass is 310 g/mol. The quantitative estimate of drug-likeness (QED) is 0.865. The maximum absolute atomic E-state index is 12.9. The molecule has 0 aromatic heterocycles. The summed E-state index contributed by atoms with van der Waals surface area (Å²) >= 11 is 0. The highest BCUT2D eigenvalue weighted by Crippen LogP contribution is 2.38. The first-order valence-corrected chi connectivity index (χ1v) is 8.61. The first-order valence-electron chi connectivity index (χ1n) is 7.17. The van der Waals surface area contributed by atoms with E-state index >= 15 is 0 Å². The molecule has 1 aromatic rings. The van der Waals surface area contributed by atoms with Crippen LogP contribution in [0.2, 0.25) is 0 Å². The number of hydrogen-bond donors (Lipinski definition) is 1. The van der Waals surface area contributed by atoms with Crippen molar-refractivity contribution in [1.29, 1.82) is 0 Å². The van der Waals surface area contributed by atoms with E-state index in [1.165, 1.54) is 0 Å². The lowest BCUT2D eigenvalue weighted by molar-refractivity contribution is 0.174. The molecule has 0 aliphatic carbocycles. The molecule has 0 saturated carbocycles. The third-order valence-corrected chi connectivity index (χ3v) is 6.62. The van der Waals surface area contributed by atoms with Crippen molar-refractivity contribution in [3.05, 3.63) is 17.7 Å². The first kappa shape index (κ1) is 13.4. The summed E-state index contributed by atoms with van der Waals surface area (Å²) in [5.74, 6) is 2.01. The largest absolute Gasteiger partial charge is 0.454 e. The molecular weight excluding hydrogens is 292 g/mol. The van der Waals surface area contributed by atoms with Gasteiger partial charge in [-0.15, -0.1) is 0 Å². The second kappa shape index (κ2) is 4.59. The molecule has 0 spiro atoms. The lowest BCUT2D eigenvalue weighted by Crippen LogP contribution is -2.32. The van der Waals surface area contributed by atoms with E-state index < -0.39 is 10.0 Å². The van der Waals surface area contributed by atoms with Gasteiger partial charge >= 0.3 is 0 Å². The van der Waals surface area contributed by atoms with Gasteiger partial charge in [0.05, 0.1) is 4.90 Å². The Kier molecular flexibility index (Phi) is 2.92. The molecule has 4 rings (SSSR count). The van der Waals surface area contributed by atoms with Crippen LogP contribution in [-0.4, -0.2) is 45.7 Å². The molecule has 0 bridgehead atoms. The Bertz CT molecular complexity index is 676. The number of nitrogens with one attached hydrogen (secondary N) is 1. The molecule has 21 heavy (non-hydrogen) atoms. The number of ether oxygens (including phenoxy) is 2. The Morgan fingerprint density at radius 3 is 2.43 bits per heavy atom. The minimum absolute atomic E-state index is 0.151. The maximum atomic E-state index is 12.9. The van der Waals surface area contributed by atoms with Crippen LogP contribution in [0.3, 0.4) is 0 Å². The zero-order chi connectivity index (χ0) is 14.6. The Balaban J connectivity index is 1.69. The number of benzene rings is 1. The molecule has 3 heterocycles. The van der Waals surface area contributed by atoms with Crippen LogP contribution in [0.5, 0.6) is 11.5 Å². The van der Waals surface area contributed by atoms with Gasteiger partial charge < -0.3 is 14.8 Å². The van der Waals surface area contributed by atoms with E-state index in [0.717, 1.165) is 13.1 Å². The second-order valence-corrected chi connectivity index (χ2v) is 7.88. The van der Waals surface area contributed by atoms with Crippen molar-refractivity contribution >= 4 is 10.0 Å². The van der Waals surface area contributed by atoms with E-state index in [0.29, 0.717) is 46.9 Å². The molecule has 2 atom stereocenters. The predicted molar refractivity (Wildman–Crippen MR) is 75.9 cm³/mol. The van der Waals surface area contributed by atoms with Gasteiger partial charge in [0.1, 0.15) is 0 Å². The Labute approximate surface area is 124 Å². The van der Waals surface area contributed by atoms with Gasteiger partial charge in [-0.3, -0.25) is 0 Å². The Morgan fingerprint density at radius 2 is 1.76 bits per heavy atom. The highest BCUT2D eigenvalue weighted by molar-refractivity contribution is 7.89. The van der Waals surface area contributed by atoms with Crippen LogP contribution in [0.25, 0.3) is 0 Å². The fourth-order valence-electron chi connectivity index (χ4n) is 3.45. The summed E-state index contributed by atoms with van der Waals surface area (Å²) in [5.41, 5.74) is 0.703. The van der Waals surface area contributed by atoms with Gasteiger partial charge in [-0.1, -0.05) is 0 Å². The van der Waals surface area contributed by atoms with Crippen molar-refractivity contribution in [3.8, 4) is 11.5 Å². The molecule has 3 aliphatic rings. The van der Waals surface area contributed by atoms with E-state index in [9.17, 15) is 8.42 Å². The third-order valence-electron chi connectivity index (χ3n) is 4.64. The second-order valence-electron chi connectivity index (χ2n) is 5.97. The predicted octanol–water partition coefficient (Wildman–Crippen LogP) is 0.564. The van der Waals surface area contributed by atoms with E-state index in [1.807, 2.05) is 0 Å². The molecule has 0 amide bonds. The lowest BCUT2D eigenvalue weighted by atomic mass is 10.0. The van der Waals surface area contributed by atoms with Gasteiger partial charge in [0.15, 0.2) is 11.5 Å². The fourth-order valence-corrected chi connectivity index (χ4v) is 5.23. The molecule has 7 heteroatoms. The summed E-state index contributed by atoms with van der Waals surface area (Å²) in [6.07, 6.45) is 0. The van der Waals surface area contributed by atoms with Crippen molar-refractivity contribution in [2.45, 2.75) is 11.8 Å². The molecule has 0 unspecified atom stereocenters. The highest BCUT2D eigenvalue weighted by Gasteiger charge is 2.42. The average Bonchev–Trinajstić information content (AvgIpc) is 3.11. The number of nitrogens with zero attached hydrogens (tertiary/aromatic N) is 1. The van der Waals surface area contributed by atoms with Gasteiger partial charge in [0.25, 0.3) is 0 Å². The number of rotatable bonds is 2. The summed E-state index contributed by atoms with van der Waals surface area (Å²) in [5, 5.41) is 3.32. The van der Waals surface area contributed by atoms with E-state index in [2.05, 4.69) is 5.32 Å². The molecule has 114 valence electrons. The van der Waals surface area contributed by atoms with Crippen molar-refractivity contribution in [2.24, 2.45) is 11.8 Å². The van der Waals surface area contributed by atoms with Crippen LogP contribution < -0.4 is 14.8 Å². The molecule has 1 aromatic carbocycles. The topological polar surface area (TPSA) is 67.9 Å². The smallest absolute Gasteiger partial charge is 0.243 e. The highest BCUT2D eigenvalue weighted by atomic mass is 32.2. The molecule has 2 saturated heterocycles. The van der Waals surface area contributed by atoms with Crippen LogP contribution in [0, 0.1) is 18.8 Å². The maximum Gasteiger partial charge on any atom is 0.243 e. The van der Waals surface area contributed by atoms with Crippen molar-refractivity contribution in [3.63, 3.8) is 0 Å². The van der Waals surface area contributed by atoms with Crippen LogP contribution in [-0.2, 0) is 10.0 Å². The number of fused-ring (bicyclic) bond motifs is 2. The number of aryl methyl sites for hydroxylation is 1. The number of hydrogen-bond acceptors (Lipinski definition) is 5. The molecular formula is C14H18N2O4S. The summed E-state index contributed by atoms with van der Waals surface area (Å²) in [4.78, 5) is 0.333. The standard InChI is InChI=1S/C14H18N2O4S/c1-9-2-12-13(20-8-19-12)3-14(9)21(17,18)16-6-10-4-15-5-11(10)7-16/h2-3,10-11,15H,4-8H2,1H3/t10-,11+. The third kappa shape index (κ3) is 2.03. The molecule has 2 fully saturated rings. The van der Waals surface area contributed by atoms with Crippen LogP contribution in [0.4, 0.5) is 0 Å². The van der Waals surface area contributed by atoms with Crippen LogP contribution in [0.15, 0.2) is 17.0 Å². The zero-order valence-corrected chi connectivity index (χ0v) is 12.6. The Morgan fingerprint density at radius 1 is 1.14 bits per heavy atom. The van der Waals surface area contributed by atoms with E-state index in [4.69, 9.17) is 9.47 Å². The Hall–Kier alpha value is -1.31. The van der Waals surface area contributed by atoms with Gasteiger partial charge in [0.2, 0.25) is 16.8 Å². The van der Waals surface area contributed by atoms with Crippen molar-refractivity contribution in [2.75, 3.05) is 33.0 Å². The number of sulfonamides is 1. The van der Waals surface area contributed by atoms with Gasteiger partial charge in [-0.05, 0) is 43.5 Å². The summed E-state index contributed by atoms with van der Waals surface area (Å²) in [6.45, 7) is 4.99. The van der Waals surface area contributed by atoms with Gasteiger partial charge in [0, 0.05) is 19.2 Å². The molecule has 1 N–H and O–H groups in total. The normalized spacial score (nSPS) is 28.0. The van der Waals surface area contributed by atoms with E-state index in [-0.39, 0.29) is 6.79 Å². The average molecular weight is 310 g/mol. The van der Waals surface area contributed by atoms with Crippen LogP contribution >= 0.6 is 0 Å². The van der Waals surface area contributed by atoms with Crippen molar-refractivity contribution < 1.29 is 17.9 Å². The summed E-state index contributed by atoms with van der Waals surface area (Å²) in [7, 11) is -3.46. The molecule has 0 radical (unpaired) electrons. The fraction of sp³-hybridized carbons (Fsp3) is 0.571. The molecule has 3 aliphatic heterocycles. The zero-order valence-electron chi connectivity index (χ0n) is 11.8. The van der Waals surface area contributed by atoms with Crippen LogP contribution in [0.1, 0.15) is 5.56 Å². The summed E-state index contributed by atoms with van der Waals surface area (Å²) in [6, 6.07) is 3.34. The SMILES string of the molecule is Cc1cc2c(cc1S(=O)(=O)N1C[C@H]3CNC[C@H]3C1)OCO2. The summed E-state index contributed by atoms with van der Waals surface area (Å²) < 4.78 is 38.0. The van der Waals surface area contributed by atoms with E-state index in [1.54, 1.807) is 23.4 Å². The van der Waals surface area contributed by atoms with Gasteiger partial charge in [-0.2, -0.15) is 4.31 Å². The minimum Gasteiger partial charge on any atom is -0.454 e. The lowest BCUT2D eigenvalue weighted by Gasteiger charge is -2.19.